The number of hydrogen-bond acceptors (Lipinski definition) is 3. The average Bonchev–Trinajstić information content (AvgIpc) is 2.58. The first-order valence-corrected chi connectivity index (χ1v) is 5.44. The maximum atomic E-state index is 11.8. The number of nitrogens with one attached hydrogen (secondary N) is 1. The molecule has 0 saturated carbocycles. The normalized spacial score (nSPS) is 23.5. The Morgan fingerprint density at radius 2 is 2.06 bits per heavy atom. The summed E-state index contributed by atoms with van der Waals surface area (Å²) in [5.74, 6) is -0.337. The van der Waals surface area contributed by atoms with E-state index >= 15 is 0 Å². The summed E-state index contributed by atoms with van der Waals surface area (Å²) in [7, 11) is 0. The lowest BCUT2D eigenvalue weighted by Crippen LogP contribution is -2.43. The number of benzene rings is 1. The topological polar surface area (TPSA) is 49.4 Å². The number of fused-ring (bicyclic) bond motifs is 3. The van der Waals surface area contributed by atoms with Crippen LogP contribution < -0.4 is 10.2 Å². The zero-order valence-corrected chi connectivity index (χ0v) is 8.77. The van der Waals surface area contributed by atoms with E-state index in [1.807, 2.05) is 29.2 Å². The van der Waals surface area contributed by atoms with Gasteiger partial charge in [0.2, 0.25) is 11.8 Å². The second kappa shape index (κ2) is 3.33. The fourth-order valence-electron chi connectivity index (χ4n) is 2.47. The molecule has 1 saturated heterocycles. The molecule has 1 N–H and O–H groups in total. The summed E-state index contributed by atoms with van der Waals surface area (Å²) in [5.41, 5.74) is 2.29. The minimum absolute atomic E-state index is 0.168. The summed E-state index contributed by atoms with van der Waals surface area (Å²) < 4.78 is 0. The van der Waals surface area contributed by atoms with Crippen molar-refractivity contribution in [3.05, 3.63) is 29.8 Å². The Labute approximate surface area is 93.2 Å². The van der Waals surface area contributed by atoms with Crippen LogP contribution in [-0.4, -0.2) is 24.4 Å². The van der Waals surface area contributed by atoms with Gasteiger partial charge in [-0.25, -0.2) is 0 Å². The highest BCUT2D eigenvalue weighted by Gasteiger charge is 2.36. The van der Waals surface area contributed by atoms with E-state index < -0.39 is 0 Å². The Hall–Kier alpha value is -1.84. The predicted molar refractivity (Wildman–Crippen MR) is 59.0 cm³/mol. The zero-order valence-electron chi connectivity index (χ0n) is 8.77. The van der Waals surface area contributed by atoms with Crippen LogP contribution in [-0.2, 0) is 16.0 Å². The Morgan fingerprint density at radius 1 is 1.25 bits per heavy atom. The van der Waals surface area contributed by atoms with Crippen molar-refractivity contribution < 1.29 is 9.59 Å². The van der Waals surface area contributed by atoms with E-state index in [9.17, 15) is 9.59 Å². The molecule has 16 heavy (non-hydrogen) atoms. The van der Waals surface area contributed by atoms with Crippen molar-refractivity contribution in [3.8, 4) is 0 Å². The highest BCUT2D eigenvalue weighted by molar-refractivity contribution is 6.01. The van der Waals surface area contributed by atoms with Gasteiger partial charge in [0.15, 0.2) is 0 Å². The first kappa shape index (κ1) is 9.39. The van der Waals surface area contributed by atoms with Gasteiger partial charge in [-0.1, -0.05) is 18.2 Å². The fraction of sp³-hybridized carbons (Fsp3) is 0.333. The van der Waals surface area contributed by atoms with Gasteiger partial charge < -0.3 is 4.90 Å². The first-order valence-electron chi connectivity index (χ1n) is 5.44. The molecule has 0 radical (unpaired) electrons. The van der Waals surface area contributed by atoms with E-state index in [0.717, 1.165) is 5.69 Å². The Morgan fingerprint density at radius 3 is 2.94 bits per heavy atom. The van der Waals surface area contributed by atoms with Crippen LogP contribution in [0.1, 0.15) is 12.0 Å². The molecule has 1 fully saturated rings. The SMILES string of the molecule is O=C1CCN2c3ccccc3CC2C(=O)N1. The van der Waals surface area contributed by atoms with Crippen molar-refractivity contribution >= 4 is 17.5 Å². The smallest absolute Gasteiger partial charge is 0.249 e. The molecule has 3 rings (SSSR count). The number of amides is 2. The quantitative estimate of drug-likeness (QED) is 0.641. The van der Waals surface area contributed by atoms with Crippen LogP contribution >= 0.6 is 0 Å². The molecule has 0 aliphatic carbocycles. The van der Waals surface area contributed by atoms with Gasteiger partial charge >= 0.3 is 0 Å². The number of hydrogen-bond donors (Lipinski definition) is 1. The number of para-hydroxylation sites is 1. The highest BCUT2D eigenvalue weighted by Crippen LogP contribution is 2.32. The molecule has 2 aliphatic rings. The third-order valence-corrected chi connectivity index (χ3v) is 3.24. The third-order valence-electron chi connectivity index (χ3n) is 3.24. The molecule has 4 nitrogen and oxygen atoms in total. The molecule has 1 aromatic carbocycles. The van der Waals surface area contributed by atoms with E-state index in [1.54, 1.807) is 0 Å². The summed E-state index contributed by atoms with van der Waals surface area (Å²) in [6.45, 7) is 0.624. The van der Waals surface area contributed by atoms with Gasteiger partial charge in [0.1, 0.15) is 6.04 Å². The minimum Gasteiger partial charge on any atom is -0.358 e. The standard InChI is InChI=1S/C12H12N2O2/c15-11-5-6-14-9-4-2-1-3-8(9)7-10(14)12(16)13-11/h1-4,10H,5-7H2,(H,13,15,16). The molecule has 1 aromatic rings. The highest BCUT2D eigenvalue weighted by atomic mass is 16.2. The number of rotatable bonds is 0. The number of carbonyl (C=O) groups is 2. The van der Waals surface area contributed by atoms with Gasteiger partial charge in [-0.2, -0.15) is 0 Å². The maximum absolute atomic E-state index is 11.8. The Kier molecular flexibility index (Phi) is 1.96. The van der Waals surface area contributed by atoms with Crippen LogP contribution in [0.3, 0.4) is 0 Å². The van der Waals surface area contributed by atoms with E-state index in [2.05, 4.69) is 5.32 Å². The molecule has 0 bridgehead atoms. The summed E-state index contributed by atoms with van der Waals surface area (Å²) >= 11 is 0. The van der Waals surface area contributed by atoms with Crippen molar-refractivity contribution in [2.45, 2.75) is 18.9 Å². The molecule has 0 aromatic heterocycles. The lowest BCUT2D eigenvalue weighted by atomic mass is 10.1. The van der Waals surface area contributed by atoms with Gasteiger partial charge in [0.25, 0.3) is 0 Å². The third kappa shape index (κ3) is 1.30. The van der Waals surface area contributed by atoms with Crippen molar-refractivity contribution in [3.63, 3.8) is 0 Å². The Balaban J connectivity index is 2.01. The van der Waals surface area contributed by atoms with E-state index in [-0.39, 0.29) is 17.9 Å². The van der Waals surface area contributed by atoms with Crippen molar-refractivity contribution in [2.24, 2.45) is 0 Å². The fourth-order valence-corrected chi connectivity index (χ4v) is 2.47. The average molecular weight is 216 g/mol. The molecule has 0 spiro atoms. The second-order valence-corrected chi connectivity index (χ2v) is 4.20. The number of anilines is 1. The maximum Gasteiger partial charge on any atom is 0.249 e. The first-order chi connectivity index (χ1) is 7.75. The number of carbonyl (C=O) groups excluding carboxylic acids is 2. The monoisotopic (exact) mass is 216 g/mol. The van der Waals surface area contributed by atoms with Crippen molar-refractivity contribution in [1.82, 2.24) is 5.32 Å². The summed E-state index contributed by atoms with van der Waals surface area (Å²) in [5, 5.41) is 2.43. The van der Waals surface area contributed by atoms with Gasteiger partial charge in [0, 0.05) is 25.1 Å². The van der Waals surface area contributed by atoms with E-state index in [4.69, 9.17) is 0 Å². The van der Waals surface area contributed by atoms with Crippen LogP contribution in [0.2, 0.25) is 0 Å². The lowest BCUT2D eigenvalue weighted by molar-refractivity contribution is -0.129. The van der Waals surface area contributed by atoms with Crippen molar-refractivity contribution in [2.75, 3.05) is 11.4 Å². The Bertz CT molecular complexity index is 470. The molecule has 1 atom stereocenters. The minimum atomic E-state index is -0.205. The molecular formula is C12H12N2O2. The van der Waals surface area contributed by atoms with Crippen LogP contribution in [0.5, 0.6) is 0 Å². The van der Waals surface area contributed by atoms with Gasteiger partial charge in [0.05, 0.1) is 0 Å². The molecule has 4 heteroatoms. The number of nitrogens with zero attached hydrogens (tertiary/aromatic N) is 1. The molecule has 82 valence electrons. The van der Waals surface area contributed by atoms with Gasteiger partial charge in [-0.3, -0.25) is 14.9 Å². The van der Waals surface area contributed by atoms with E-state index in [0.29, 0.717) is 19.4 Å². The summed E-state index contributed by atoms with van der Waals surface area (Å²) in [4.78, 5) is 25.1. The largest absolute Gasteiger partial charge is 0.358 e. The molecular weight excluding hydrogens is 204 g/mol. The molecule has 2 amide bonds. The van der Waals surface area contributed by atoms with Crippen LogP contribution in [0.4, 0.5) is 5.69 Å². The zero-order chi connectivity index (χ0) is 11.1. The summed E-state index contributed by atoms with van der Waals surface area (Å²) in [6.07, 6.45) is 1.09. The summed E-state index contributed by atoms with van der Waals surface area (Å²) in [6, 6.07) is 7.79. The van der Waals surface area contributed by atoms with Gasteiger partial charge in [-0.15, -0.1) is 0 Å². The van der Waals surface area contributed by atoms with Crippen LogP contribution in [0, 0.1) is 0 Å². The molecule has 2 heterocycles. The second-order valence-electron chi connectivity index (χ2n) is 4.20. The van der Waals surface area contributed by atoms with Crippen LogP contribution in [0.25, 0.3) is 0 Å². The molecule has 2 aliphatic heterocycles. The predicted octanol–water partition coefficient (Wildman–Crippen LogP) is 0.464. The van der Waals surface area contributed by atoms with Gasteiger partial charge in [-0.05, 0) is 11.6 Å². The number of imide groups is 1. The lowest BCUT2D eigenvalue weighted by Gasteiger charge is -2.22. The van der Waals surface area contributed by atoms with Crippen LogP contribution in [0.15, 0.2) is 24.3 Å². The van der Waals surface area contributed by atoms with E-state index in [1.165, 1.54) is 5.56 Å². The van der Waals surface area contributed by atoms with Crippen molar-refractivity contribution in [1.29, 1.82) is 0 Å². The molecule has 1 unspecified atom stereocenters.